The highest BCUT2D eigenvalue weighted by Crippen LogP contribution is 2.40. The lowest BCUT2D eigenvalue weighted by molar-refractivity contribution is 0.00123. The molecule has 0 unspecified atom stereocenters. The number of likely N-dealkylation sites (tertiary alicyclic amines) is 2. The molecule has 0 bridgehead atoms. The normalized spacial score (nSPS) is 21.4. The molecule has 108 valence electrons. The zero-order valence-electron chi connectivity index (χ0n) is 12.4. The number of carbonyl (C=O) groups is 1. The first-order chi connectivity index (χ1) is 9.58. The summed E-state index contributed by atoms with van der Waals surface area (Å²) in [6, 6.07) is 3.61. The smallest absolute Gasteiger partial charge is 0.253 e. The minimum absolute atomic E-state index is 0.159. The molecule has 4 heteroatoms. The Morgan fingerprint density at radius 1 is 1.30 bits per heavy atom. The fourth-order valence-electron chi connectivity index (χ4n) is 3.59. The maximum Gasteiger partial charge on any atom is 0.253 e. The fourth-order valence-corrected chi connectivity index (χ4v) is 3.59. The summed E-state index contributed by atoms with van der Waals surface area (Å²) in [5, 5.41) is 0. The van der Waals surface area contributed by atoms with Gasteiger partial charge >= 0.3 is 0 Å². The van der Waals surface area contributed by atoms with Crippen LogP contribution in [0, 0.1) is 11.3 Å². The average Bonchev–Trinajstić information content (AvgIpc) is 2.83. The Hall–Kier alpha value is -1.42. The largest absolute Gasteiger partial charge is 0.338 e. The van der Waals surface area contributed by atoms with Gasteiger partial charge < -0.3 is 9.80 Å². The molecule has 1 aromatic rings. The second-order valence-corrected chi connectivity index (χ2v) is 6.78. The van der Waals surface area contributed by atoms with Crippen LogP contribution in [0.2, 0.25) is 0 Å². The monoisotopic (exact) mass is 273 g/mol. The third-order valence-electron chi connectivity index (χ3n) is 4.39. The second kappa shape index (κ2) is 5.17. The van der Waals surface area contributed by atoms with Crippen molar-refractivity contribution in [1.29, 1.82) is 0 Å². The van der Waals surface area contributed by atoms with Crippen molar-refractivity contribution in [3.8, 4) is 0 Å². The topological polar surface area (TPSA) is 36.4 Å². The first kappa shape index (κ1) is 13.6. The molecule has 3 heterocycles. The van der Waals surface area contributed by atoms with Gasteiger partial charge in [0.1, 0.15) is 0 Å². The summed E-state index contributed by atoms with van der Waals surface area (Å²) in [6.45, 7) is 9.84. The molecule has 2 aliphatic rings. The van der Waals surface area contributed by atoms with Crippen LogP contribution in [0.15, 0.2) is 24.5 Å². The first-order valence-corrected chi connectivity index (χ1v) is 7.50. The molecule has 1 amide bonds. The molecule has 2 fully saturated rings. The predicted octanol–water partition coefficient (Wildman–Crippen LogP) is 1.89. The molecule has 2 aliphatic heterocycles. The third-order valence-corrected chi connectivity index (χ3v) is 4.39. The van der Waals surface area contributed by atoms with Crippen molar-refractivity contribution in [1.82, 2.24) is 14.8 Å². The first-order valence-electron chi connectivity index (χ1n) is 7.50. The zero-order chi connectivity index (χ0) is 14.2. The number of aromatic nitrogens is 1. The summed E-state index contributed by atoms with van der Waals surface area (Å²) in [6.07, 6.45) is 4.53. The molecule has 3 rings (SSSR count). The molecule has 0 aromatic carbocycles. The number of amides is 1. The standard InChI is InChI=1S/C16H23N3O/c1-13(2)9-18-10-16(11-18)5-8-19(12-16)15(20)14-3-6-17-7-4-14/h3-4,6-7,13H,5,8-12H2,1-2H3. The van der Waals surface area contributed by atoms with Crippen molar-refractivity contribution in [2.75, 3.05) is 32.7 Å². The molecular weight excluding hydrogens is 250 g/mol. The van der Waals surface area contributed by atoms with Gasteiger partial charge in [-0.05, 0) is 24.5 Å². The minimum Gasteiger partial charge on any atom is -0.338 e. The highest BCUT2D eigenvalue weighted by molar-refractivity contribution is 5.94. The summed E-state index contributed by atoms with van der Waals surface area (Å²) < 4.78 is 0. The number of pyridine rings is 1. The van der Waals surface area contributed by atoms with Crippen molar-refractivity contribution in [3.05, 3.63) is 30.1 Å². The number of hydrogen-bond acceptors (Lipinski definition) is 3. The van der Waals surface area contributed by atoms with E-state index in [0.29, 0.717) is 5.41 Å². The number of nitrogens with zero attached hydrogens (tertiary/aromatic N) is 3. The fraction of sp³-hybridized carbons (Fsp3) is 0.625. The van der Waals surface area contributed by atoms with Crippen LogP contribution in [0.3, 0.4) is 0 Å². The van der Waals surface area contributed by atoms with Crippen molar-refractivity contribution in [3.63, 3.8) is 0 Å². The Bertz CT molecular complexity index is 480. The van der Waals surface area contributed by atoms with Crippen LogP contribution in [0.5, 0.6) is 0 Å². The summed E-state index contributed by atoms with van der Waals surface area (Å²) in [5.74, 6) is 0.884. The molecule has 4 nitrogen and oxygen atoms in total. The molecule has 2 saturated heterocycles. The lowest BCUT2D eigenvalue weighted by Gasteiger charge is -2.48. The van der Waals surface area contributed by atoms with E-state index in [9.17, 15) is 4.79 Å². The molecule has 20 heavy (non-hydrogen) atoms. The van der Waals surface area contributed by atoms with E-state index in [1.165, 1.54) is 6.54 Å². The van der Waals surface area contributed by atoms with E-state index in [2.05, 4.69) is 23.7 Å². The summed E-state index contributed by atoms with van der Waals surface area (Å²) in [5.41, 5.74) is 1.13. The van der Waals surface area contributed by atoms with Crippen LogP contribution in [0.1, 0.15) is 30.6 Å². The van der Waals surface area contributed by atoms with Gasteiger partial charge in [0.15, 0.2) is 0 Å². The van der Waals surface area contributed by atoms with Crippen LogP contribution in [-0.4, -0.2) is 53.4 Å². The number of carbonyl (C=O) groups excluding carboxylic acids is 1. The number of hydrogen-bond donors (Lipinski definition) is 0. The van der Waals surface area contributed by atoms with Crippen LogP contribution >= 0.6 is 0 Å². The van der Waals surface area contributed by atoms with Crippen molar-refractivity contribution in [2.24, 2.45) is 11.3 Å². The van der Waals surface area contributed by atoms with Crippen LogP contribution in [0.4, 0.5) is 0 Å². The van der Waals surface area contributed by atoms with Gasteiger partial charge in [0, 0.05) is 56.1 Å². The Morgan fingerprint density at radius 3 is 2.65 bits per heavy atom. The summed E-state index contributed by atoms with van der Waals surface area (Å²) in [7, 11) is 0. The quantitative estimate of drug-likeness (QED) is 0.844. The van der Waals surface area contributed by atoms with Gasteiger partial charge in [-0.3, -0.25) is 9.78 Å². The van der Waals surface area contributed by atoms with E-state index in [0.717, 1.165) is 44.1 Å². The summed E-state index contributed by atoms with van der Waals surface area (Å²) in [4.78, 5) is 20.9. The van der Waals surface area contributed by atoms with Gasteiger partial charge in [0.2, 0.25) is 0 Å². The highest BCUT2D eigenvalue weighted by atomic mass is 16.2. The van der Waals surface area contributed by atoms with Crippen molar-refractivity contribution >= 4 is 5.91 Å². The third kappa shape index (κ3) is 2.57. The molecule has 0 atom stereocenters. The molecular formula is C16H23N3O. The lowest BCUT2D eigenvalue weighted by atomic mass is 9.78. The Balaban J connectivity index is 1.57. The summed E-state index contributed by atoms with van der Waals surface area (Å²) >= 11 is 0. The van der Waals surface area contributed by atoms with Crippen molar-refractivity contribution < 1.29 is 4.79 Å². The molecule has 0 aliphatic carbocycles. The predicted molar refractivity (Wildman–Crippen MR) is 78.5 cm³/mol. The van der Waals surface area contributed by atoms with Crippen molar-refractivity contribution in [2.45, 2.75) is 20.3 Å². The van der Waals surface area contributed by atoms with E-state index in [4.69, 9.17) is 0 Å². The SMILES string of the molecule is CC(C)CN1CC2(CCN(C(=O)c3ccncc3)C2)C1. The Kier molecular flexibility index (Phi) is 3.50. The molecule has 0 radical (unpaired) electrons. The van der Waals surface area contributed by atoms with Crippen LogP contribution in [0.25, 0.3) is 0 Å². The van der Waals surface area contributed by atoms with Gasteiger partial charge in [-0.15, -0.1) is 0 Å². The van der Waals surface area contributed by atoms with Gasteiger partial charge in [-0.2, -0.15) is 0 Å². The lowest BCUT2D eigenvalue weighted by Crippen LogP contribution is -2.58. The minimum atomic E-state index is 0.159. The number of rotatable bonds is 3. The highest BCUT2D eigenvalue weighted by Gasteiger charge is 2.48. The van der Waals surface area contributed by atoms with E-state index >= 15 is 0 Å². The van der Waals surface area contributed by atoms with E-state index in [-0.39, 0.29) is 5.91 Å². The Labute approximate surface area is 120 Å². The van der Waals surface area contributed by atoms with E-state index in [1.807, 2.05) is 4.90 Å². The molecule has 1 aromatic heterocycles. The van der Waals surface area contributed by atoms with E-state index in [1.54, 1.807) is 24.5 Å². The van der Waals surface area contributed by atoms with Gasteiger partial charge in [-0.25, -0.2) is 0 Å². The molecule has 0 N–H and O–H groups in total. The molecule has 0 saturated carbocycles. The molecule has 1 spiro atoms. The van der Waals surface area contributed by atoms with Crippen LogP contribution < -0.4 is 0 Å². The zero-order valence-corrected chi connectivity index (χ0v) is 12.4. The maximum atomic E-state index is 12.4. The maximum absolute atomic E-state index is 12.4. The Morgan fingerprint density at radius 2 is 2.00 bits per heavy atom. The van der Waals surface area contributed by atoms with E-state index < -0.39 is 0 Å². The van der Waals surface area contributed by atoms with Crippen LogP contribution in [-0.2, 0) is 0 Å². The van der Waals surface area contributed by atoms with Gasteiger partial charge in [0.05, 0.1) is 0 Å². The second-order valence-electron chi connectivity index (χ2n) is 6.78. The average molecular weight is 273 g/mol. The van der Waals surface area contributed by atoms with Gasteiger partial charge in [0.25, 0.3) is 5.91 Å². The van der Waals surface area contributed by atoms with Gasteiger partial charge in [-0.1, -0.05) is 13.8 Å².